The fourth-order valence-electron chi connectivity index (χ4n) is 3.68. The van der Waals surface area contributed by atoms with Crippen LogP contribution in [0.1, 0.15) is 18.7 Å². The molecule has 0 aromatic carbocycles. The van der Waals surface area contributed by atoms with Gasteiger partial charge >= 0.3 is 6.18 Å². The van der Waals surface area contributed by atoms with Gasteiger partial charge in [0.2, 0.25) is 5.91 Å². The van der Waals surface area contributed by atoms with E-state index in [1.165, 1.54) is 0 Å². The van der Waals surface area contributed by atoms with Crippen molar-refractivity contribution in [1.82, 2.24) is 25.3 Å². The van der Waals surface area contributed by atoms with Crippen molar-refractivity contribution in [3.8, 4) is 0 Å². The van der Waals surface area contributed by atoms with Crippen LogP contribution in [0.25, 0.3) is 21.9 Å². The van der Waals surface area contributed by atoms with Gasteiger partial charge in [0.25, 0.3) is 0 Å². The highest BCUT2D eigenvalue weighted by Crippen LogP contribution is 2.32. The number of rotatable bonds is 3. The van der Waals surface area contributed by atoms with Crippen molar-refractivity contribution in [3.05, 3.63) is 24.3 Å². The molecule has 1 saturated heterocycles. The molecule has 7 nitrogen and oxygen atoms in total. The smallest absolute Gasteiger partial charge is 0.355 e. The second-order valence-corrected chi connectivity index (χ2v) is 6.99. The number of nitrogens with zero attached hydrogens (tertiary/aromatic N) is 4. The van der Waals surface area contributed by atoms with Gasteiger partial charge in [-0.05, 0) is 25.8 Å². The highest BCUT2D eigenvalue weighted by molar-refractivity contribution is 6.09. The summed E-state index contributed by atoms with van der Waals surface area (Å²) in [6.07, 6.45) is 0.186. The number of hydrogen-bond acceptors (Lipinski definition) is 5. The topological polar surface area (TPSA) is 86.8 Å². The molecule has 148 valence electrons. The van der Waals surface area contributed by atoms with Crippen LogP contribution in [0.2, 0.25) is 0 Å². The third kappa shape index (κ3) is 3.58. The summed E-state index contributed by atoms with van der Waals surface area (Å²) >= 11 is 0. The van der Waals surface area contributed by atoms with Gasteiger partial charge in [-0.1, -0.05) is 0 Å². The van der Waals surface area contributed by atoms with Gasteiger partial charge < -0.3 is 15.2 Å². The zero-order chi connectivity index (χ0) is 19.9. The predicted molar refractivity (Wildman–Crippen MR) is 97.9 cm³/mol. The number of aromatic amines is 1. The van der Waals surface area contributed by atoms with Crippen molar-refractivity contribution in [1.29, 1.82) is 0 Å². The Balaban J connectivity index is 1.66. The molecule has 0 spiro atoms. The molecule has 28 heavy (non-hydrogen) atoms. The number of nitrogens with one attached hydrogen (secondary N) is 2. The van der Waals surface area contributed by atoms with E-state index in [1.807, 2.05) is 23.2 Å². The Hall–Kier alpha value is -2.91. The van der Waals surface area contributed by atoms with Gasteiger partial charge in [-0.25, -0.2) is 15.0 Å². The summed E-state index contributed by atoms with van der Waals surface area (Å²) in [7, 11) is 0. The van der Waals surface area contributed by atoms with E-state index < -0.39 is 24.5 Å². The molecule has 1 fully saturated rings. The summed E-state index contributed by atoms with van der Waals surface area (Å²) in [4.78, 5) is 30.6. The molecule has 4 rings (SSSR count). The first-order chi connectivity index (χ1) is 13.3. The Morgan fingerprint density at radius 2 is 2.21 bits per heavy atom. The largest absolute Gasteiger partial charge is 0.405 e. The van der Waals surface area contributed by atoms with Crippen LogP contribution in [0, 0.1) is 12.8 Å². The number of amides is 1. The number of fused-ring (bicyclic) bond motifs is 3. The molecule has 3 aromatic heterocycles. The summed E-state index contributed by atoms with van der Waals surface area (Å²) in [6, 6.07) is 1.86. The average molecular weight is 392 g/mol. The van der Waals surface area contributed by atoms with Gasteiger partial charge in [0.15, 0.2) is 5.65 Å². The van der Waals surface area contributed by atoms with E-state index in [0.29, 0.717) is 43.2 Å². The summed E-state index contributed by atoms with van der Waals surface area (Å²) in [6.45, 7) is 1.50. The van der Waals surface area contributed by atoms with Crippen LogP contribution in [-0.2, 0) is 4.79 Å². The quantitative estimate of drug-likeness (QED) is 0.716. The molecule has 0 saturated carbocycles. The molecular formula is C18H19F3N6O. The molecule has 1 aliphatic heterocycles. The van der Waals surface area contributed by atoms with Crippen LogP contribution >= 0.6 is 0 Å². The van der Waals surface area contributed by atoms with E-state index >= 15 is 0 Å². The van der Waals surface area contributed by atoms with E-state index in [1.54, 1.807) is 12.4 Å². The fraction of sp³-hybridized carbons (Fsp3) is 0.444. The summed E-state index contributed by atoms with van der Waals surface area (Å²) in [5, 5.41) is 3.70. The van der Waals surface area contributed by atoms with Crippen molar-refractivity contribution in [2.75, 3.05) is 24.5 Å². The third-order valence-electron chi connectivity index (χ3n) is 4.90. The first kappa shape index (κ1) is 18.5. The van der Waals surface area contributed by atoms with E-state index in [0.717, 1.165) is 16.3 Å². The van der Waals surface area contributed by atoms with Gasteiger partial charge in [0.05, 0.1) is 23.0 Å². The minimum absolute atomic E-state index is 0.313. The first-order valence-corrected chi connectivity index (χ1v) is 9.01. The number of aromatic nitrogens is 4. The molecule has 1 aliphatic rings. The SMILES string of the molecule is Cc1nc(N2CCCC(C(=O)NCC(F)(F)F)C2)c2c(cnc3nccc32)[nH]1. The number of hydrogen-bond donors (Lipinski definition) is 2. The van der Waals surface area contributed by atoms with E-state index in [4.69, 9.17) is 0 Å². The molecule has 1 unspecified atom stereocenters. The number of alkyl halides is 3. The van der Waals surface area contributed by atoms with Crippen LogP contribution in [0.5, 0.6) is 0 Å². The van der Waals surface area contributed by atoms with Crippen LogP contribution < -0.4 is 10.2 Å². The Morgan fingerprint density at radius 3 is 3.00 bits per heavy atom. The molecule has 0 bridgehead atoms. The second kappa shape index (κ2) is 6.92. The Bertz CT molecular complexity index is 1030. The number of aryl methyl sites for hydroxylation is 1. The number of pyridine rings is 1. The minimum atomic E-state index is -4.42. The van der Waals surface area contributed by atoms with Gasteiger partial charge in [-0.2, -0.15) is 13.2 Å². The van der Waals surface area contributed by atoms with Crippen molar-refractivity contribution in [2.45, 2.75) is 25.9 Å². The summed E-state index contributed by atoms with van der Waals surface area (Å²) < 4.78 is 37.2. The highest BCUT2D eigenvalue weighted by atomic mass is 19.4. The number of halogens is 3. The van der Waals surface area contributed by atoms with Crippen LogP contribution in [0.4, 0.5) is 19.0 Å². The van der Waals surface area contributed by atoms with Gasteiger partial charge in [-0.15, -0.1) is 0 Å². The Labute approximate surface area is 158 Å². The summed E-state index contributed by atoms with van der Waals surface area (Å²) in [5.41, 5.74) is 1.40. The van der Waals surface area contributed by atoms with Crippen LogP contribution in [0.3, 0.4) is 0 Å². The van der Waals surface area contributed by atoms with E-state index in [-0.39, 0.29) is 0 Å². The number of carbonyl (C=O) groups excluding carboxylic acids is 1. The average Bonchev–Trinajstić information content (AvgIpc) is 3.13. The fourth-order valence-corrected chi connectivity index (χ4v) is 3.68. The molecule has 0 radical (unpaired) electrons. The maximum absolute atomic E-state index is 12.4. The lowest BCUT2D eigenvalue weighted by molar-refractivity contribution is -0.140. The Kier molecular flexibility index (Phi) is 4.56. The summed E-state index contributed by atoms with van der Waals surface area (Å²) in [5.74, 6) is 0.284. The van der Waals surface area contributed by atoms with Crippen LogP contribution in [0.15, 0.2) is 18.5 Å². The molecule has 1 amide bonds. The number of H-pyrrole nitrogens is 1. The van der Waals surface area contributed by atoms with Crippen molar-refractivity contribution in [3.63, 3.8) is 0 Å². The second-order valence-electron chi connectivity index (χ2n) is 6.99. The zero-order valence-electron chi connectivity index (χ0n) is 15.2. The monoisotopic (exact) mass is 392 g/mol. The van der Waals surface area contributed by atoms with Crippen molar-refractivity contribution < 1.29 is 18.0 Å². The van der Waals surface area contributed by atoms with Gasteiger partial charge in [-0.3, -0.25) is 4.79 Å². The molecule has 1 atom stereocenters. The van der Waals surface area contributed by atoms with Gasteiger partial charge in [0, 0.05) is 24.7 Å². The molecule has 4 heterocycles. The predicted octanol–water partition coefficient (Wildman–Crippen LogP) is 2.71. The number of carbonyl (C=O) groups is 1. The molecule has 0 aliphatic carbocycles. The standard InChI is InChI=1S/C18H19F3N6O/c1-10-25-13-7-23-15-12(4-5-22-15)14(13)16(26-10)27-6-2-3-11(8-27)17(28)24-9-18(19,20)21/h4-5,7,11H,2-3,6,8-9H2,1H3,(H,24,28)(H,25,26). The van der Waals surface area contributed by atoms with Gasteiger partial charge in [0.1, 0.15) is 18.2 Å². The highest BCUT2D eigenvalue weighted by Gasteiger charge is 2.32. The maximum atomic E-state index is 12.4. The molecule has 2 N–H and O–H groups in total. The minimum Gasteiger partial charge on any atom is -0.355 e. The Morgan fingerprint density at radius 1 is 1.39 bits per heavy atom. The normalized spacial score (nSPS) is 18.0. The van der Waals surface area contributed by atoms with Crippen molar-refractivity contribution in [2.24, 2.45) is 5.92 Å². The molecule has 3 aromatic rings. The first-order valence-electron chi connectivity index (χ1n) is 9.01. The van der Waals surface area contributed by atoms with Crippen LogP contribution in [-0.4, -0.2) is 51.7 Å². The molecular weight excluding hydrogens is 373 g/mol. The lowest BCUT2D eigenvalue weighted by Crippen LogP contribution is -2.45. The zero-order valence-corrected chi connectivity index (χ0v) is 15.2. The lowest BCUT2D eigenvalue weighted by Gasteiger charge is -2.33. The third-order valence-corrected chi connectivity index (χ3v) is 4.90. The maximum Gasteiger partial charge on any atom is 0.405 e. The molecule has 10 heteroatoms. The number of anilines is 1. The van der Waals surface area contributed by atoms with Crippen molar-refractivity contribution >= 4 is 33.7 Å². The van der Waals surface area contributed by atoms with E-state index in [9.17, 15) is 18.0 Å². The lowest BCUT2D eigenvalue weighted by atomic mass is 9.96. The number of piperidine rings is 1. The van der Waals surface area contributed by atoms with E-state index in [2.05, 4.69) is 19.9 Å².